The molecular formula is C23H22ClNO5S2. The van der Waals surface area contributed by atoms with E-state index in [2.05, 4.69) is 5.32 Å². The molecule has 0 aliphatic carbocycles. The van der Waals surface area contributed by atoms with Gasteiger partial charge in [-0.05, 0) is 55.8 Å². The van der Waals surface area contributed by atoms with E-state index in [-0.39, 0.29) is 28.0 Å². The lowest BCUT2D eigenvalue weighted by Gasteiger charge is -2.24. The summed E-state index contributed by atoms with van der Waals surface area (Å²) in [6, 6.07) is 11.6. The number of fused-ring (bicyclic) bond motifs is 1. The first-order valence-electron chi connectivity index (χ1n) is 10.2. The quantitative estimate of drug-likeness (QED) is 0.471. The van der Waals surface area contributed by atoms with Crippen molar-refractivity contribution in [1.82, 2.24) is 0 Å². The van der Waals surface area contributed by atoms with Gasteiger partial charge >= 0.3 is 0 Å². The van der Waals surface area contributed by atoms with Crippen LogP contribution in [0.15, 0.2) is 57.6 Å². The maximum Gasteiger partial charge on any atom is 0.225 e. The molecule has 1 aliphatic rings. The monoisotopic (exact) mass is 491 g/mol. The second-order valence-corrected chi connectivity index (χ2v) is 10.4. The minimum Gasteiger partial charge on any atom is -0.490 e. The average molecular weight is 492 g/mol. The van der Waals surface area contributed by atoms with Crippen molar-refractivity contribution in [2.45, 2.75) is 36.0 Å². The fourth-order valence-electron chi connectivity index (χ4n) is 3.70. The number of benzene rings is 2. The molecule has 1 amide bonds. The number of anilines is 1. The Balaban J connectivity index is 1.77. The van der Waals surface area contributed by atoms with Gasteiger partial charge in [0.2, 0.25) is 15.7 Å². The molecule has 6 nitrogen and oxygen atoms in total. The van der Waals surface area contributed by atoms with Crippen LogP contribution >= 0.6 is 22.9 Å². The van der Waals surface area contributed by atoms with Crippen molar-refractivity contribution in [2.75, 3.05) is 18.5 Å². The number of ether oxygens (including phenoxy) is 2. The number of hydrogen-bond donors (Lipinski definition) is 1. The Morgan fingerprint density at radius 2 is 1.75 bits per heavy atom. The average Bonchev–Trinajstić information content (AvgIpc) is 3.19. The van der Waals surface area contributed by atoms with Crippen LogP contribution in [-0.2, 0) is 14.6 Å². The molecular weight excluding hydrogens is 470 g/mol. The molecule has 1 aliphatic heterocycles. The molecule has 1 aromatic heterocycles. The van der Waals surface area contributed by atoms with Gasteiger partial charge in [-0.3, -0.25) is 4.79 Å². The third kappa shape index (κ3) is 4.22. The number of hydrogen-bond acceptors (Lipinski definition) is 6. The highest BCUT2D eigenvalue weighted by atomic mass is 35.5. The minimum absolute atomic E-state index is 0.0915. The number of carbonyl (C=O) groups excluding carboxylic acids is 1. The Kier molecular flexibility index (Phi) is 6.46. The van der Waals surface area contributed by atoms with E-state index in [1.807, 2.05) is 32.0 Å². The summed E-state index contributed by atoms with van der Waals surface area (Å²) in [7, 11) is -3.82. The molecule has 9 heteroatoms. The molecule has 2 aromatic carbocycles. The first-order chi connectivity index (χ1) is 15.3. The Bertz CT molecular complexity index is 1250. The number of halogens is 1. The van der Waals surface area contributed by atoms with Crippen LogP contribution < -0.4 is 14.8 Å². The Morgan fingerprint density at radius 1 is 1.06 bits per heavy atom. The minimum atomic E-state index is -3.82. The van der Waals surface area contributed by atoms with Crippen molar-refractivity contribution >= 4 is 44.4 Å². The number of sulfone groups is 1. The number of thiophene rings is 1. The Labute approximate surface area is 196 Å². The van der Waals surface area contributed by atoms with Gasteiger partial charge in [-0.1, -0.05) is 17.7 Å². The van der Waals surface area contributed by atoms with Crippen LogP contribution in [0.1, 0.15) is 36.6 Å². The van der Waals surface area contributed by atoms with Gasteiger partial charge in [0.25, 0.3) is 0 Å². The normalized spacial score (nSPS) is 15.7. The Hall–Kier alpha value is -2.55. The van der Waals surface area contributed by atoms with Crippen LogP contribution in [0.2, 0.25) is 5.02 Å². The van der Waals surface area contributed by atoms with Crippen molar-refractivity contribution < 1.29 is 22.7 Å². The fraction of sp³-hybridized carbons (Fsp3) is 0.261. The lowest BCUT2D eigenvalue weighted by molar-refractivity contribution is -0.116. The molecule has 3 aromatic rings. The lowest BCUT2D eigenvalue weighted by atomic mass is 9.90. The molecule has 0 spiro atoms. The number of carbonyl (C=O) groups is 1. The Morgan fingerprint density at radius 3 is 2.44 bits per heavy atom. The topological polar surface area (TPSA) is 81.7 Å². The SMILES string of the molecule is CCOc1ccc([C@@H]2CC(=O)Nc3c(S(=O)(=O)c4ccc(Cl)cc4)csc32)cc1OCC. The number of rotatable bonds is 7. The van der Waals surface area contributed by atoms with Gasteiger partial charge in [0.1, 0.15) is 4.90 Å². The lowest BCUT2D eigenvalue weighted by Crippen LogP contribution is -2.23. The third-order valence-electron chi connectivity index (χ3n) is 5.14. The fourth-order valence-corrected chi connectivity index (χ4v) is 6.73. The molecule has 4 rings (SSSR count). The third-order valence-corrected chi connectivity index (χ3v) is 8.43. The van der Waals surface area contributed by atoms with Crippen molar-refractivity contribution in [3.05, 3.63) is 63.3 Å². The van der Waals surface area contributed by atoms with E-state index in [0.717, 1.165) is 10.4 Å². The molecule has 0 fully saturated rings. The van der Waals surface area contributed by atoms with E-state index in [1.54, 1.807) is 5.38 Å². The smallest absolute Gasteiger partial charge is 0.225 e. The van der Waals surface area contributed by atoms with Gasteiger partial charge in [0, 0.05) is 27.6 Å². The predicted molar refractivity (Wildman–Crippen MR) is 125 cm³/mol. The molecule has 2 heterocycles. The van der Waals surface area contributed by atoms with Crippen molar-refractivity contribution in [2.24, 2.45) is 0 Å². The predicted octanol–water partition coefficient (Wildman–Crippen LogP) is 5.51. The first kappa shape index (κ1) is 22.6. The molecule has 1 N–H and O–H groups in total. The van der Waals surface area contributed by atoms with E-state index in [9.17, 15) is 13.2 Å². The molecule has 0 saturated heterocycles. The first-order valence-corrected chi connectivity index (χ1v) is 12.9. The standard InChI is InChI=1S/C23H22ClNO5S2/c1-3-29-18-10-5-14(11-19(18)30-4-2)17-12-21(26)25-22-20(13-31-23(17)22)32(27,28)16-8-6-15(24)7-9-16/h5-11,13,17H,3-4,12H2,1-2H3,(H,25,26)/t17-/m0/s1. The summed E-state index contributed by atoms with van der Waals surface area (Å²) in [5, 5.41) is 4.82. The van der Waals surface area contributed by atoms with Gasteiger partial charge in [-0.15, -0.1) is 11.3 Å². The summed E-state index contributed by atoms with van der Waals surface area (Å²) >= 11 is 7.23. The molecule has 1 atom stereocenters. The summed E-state index contributed by atoms with van der Waals surface area (Å²) in [6.45, 7) is 4.77. The van der Waals surface area contributed by atoms with Crippen LogP contribution in [0.5, 0.6) is 11.5 Å². The summed E-state index contributed by atoms with van der Waals surface area (Å²) in [5.74, 6) is 0.716. The van der Waals surface area contributed by atoms with Crippen LogP contribution in [0, 0.1) is 0 Å². The van der Waals surface area contributed by atoms with E-state index < -0.39 is 9.84 Å². The van der Waals surface area contributed by atoms with E-state index in [4.69, 9.17) is 21.1 Å². The van der Waals surface area contributed by atoms with E-state index >= 15 is 0 Å². The number of nitrogens with one attached hydrogen (secondary N) is 1. The summed E-state index contributed by atoms with van der Waals surface area (Å²) in [5.41, 5.74) is 1.21. The van der Waals surface area contributed by atoms with Gasteiger partial charge in [0.05, 0.1) is 23.8 Å². The van der Waals surface area contributed by atoms with Crippen molar-refractivity contribution in [3.63, 3.8) is 0 Å². The maximum atomic E-state index is 13.3. The van der Waals surface area contributed by atoms with Crippen molar-refractivity contribution in [3.8, 4) is 11.5 Å². The summed E-state index contributed by atoms with van der Waals surface area (Å²) in [6.07, 6.45) is 0.216. The van der Waals surface area contributed by atoms with Gasteiger partial charge in [-0.25, -0.2) is 8.42 Å². The van der Waals surface area contributed by atoms with E-state index in [0.29, 0.717) is 35.4 Å². The molecule has 0 bridgehead atoms. The number of amides is 1. The molecule has 32 heavy (non-hydrogen) atoms. The highest BCUT2D eigenvalue weighted by Crippen LogP contribution is 2.47. The maximum absolute atomic E-state index is 13.3. The van der Waals surface area contributed by atoms with E-state index in [1.165, 1.54) is 35.6 Å². The molecule has 0 radical (unpaired) electrons. The largest absolute Gasteiger partial charge is 0.490 e. The van der Waals surface area contributed by atoms with Crippen LogP contribution in [0.3, 0.4) is 0 Å². The zero-order valence-electron chi connectivity index (χ0n) is 17.6. The zero-order chi connectivity index (χ0) is 22.9. The highest BCUT2D eigenvalue weighted by Gasteiger charge is 2.34. The highest BCUT2D eigenvalue weighted by molar-refractivity contribution is 7.91. The second kappa shape index (κ2) is 9.13. The second-order valence-electron chi connectivity index (χ2n) is 7.17. The van der Waals surface area contributed by atoms with Gasteiger partial charge in [0.15, 0.2) is 11.5 Å². The summed E-state index contributed by atoms with van der Waals surface area (Å²) in [4.78, 5) is 13.6. The zero-order valence-corrected chi connectivity index (χ0v) is 19.9. The van der Waals surface area contributed by atoms with Crippen LogP contribution in [-0.4, -0.2) is 27.5 Å². The van der Waals surface area contributed by atoms with Gasteiger partial charge in [-0.2, -0.15) is 0 Å². The molecule has 168 valence electrons. The molecule has 0 saturated carbocycles. The van der Waals surface area contributed by atoms with Crippen molar-refractivity contribution in [1.29, 1.82) is 0 Å². The van der Waals surface area contributed by atoms with Crippen LogP contribution in [0.4, 0.5) is 5.69 Å². The van der Waals surface area contributed by atoms with Crippen LogP contribution in [0.25, 0.3) is 0 Å². The molecule has 0 unspecified atom stereocenters. The summed E-state index contributed by atoms with van der Waals surface area (Å²) < 4.78 is 37.9. The van der Waals surface area contributed by atoms with Gasteiger partial charge < -0.3 is 14.8 Å².